The molecule has 0 radical (unpaired) electrons. The van der Waals surface area contributed by atoms with E-state index in [0.717, 1.165) is 128 Å². The van der Waals surface area contributed by atoms with Crippen molar-refractivity contribution in [2.24, 2.45) is 5.41 Å². The molecule has 6 rings (SSSR count). The number of ether oxygens (including phenoxy) is 9. The maximum atomic E-state index is 6.90. The first kappa shape index (κ1) is 79.3. The van der Waals surface area contributed by atoms with Gasteiger partial charge in [0, 0.05) is 5.41 Å². The van der Waals surface area contributed by atoms with Gasteiger partial charge in [0.25, 0.3) is 0 Å². The summed E-state index contributed by atoms with van der Waals surface area (Å²) in [4.78, 5) is 0. The molecule has 95 heavy (non-hydrogen) atoms. The van der Waals surface area contributed by atoms with Crippen molar-refractivity contribution in [1.82, 2.24) is 0 Å². The molecule has 0 fully saturated rings. The predicted octanol–water partition coefficient (Wildman–Crippen LogP) is 21.0. The summed E-state index contributed by atoms with van der Waals surface area (Å²) in [7, 11) is -1.02. The van der Waals surface area contributed by atoms with Gasteiger partial charge in [0.1, 0.15) is 68.1 Å². The second-order valence-corrected chi connectivity index (χ2v) is 40.2. The molecule has 0 aliphatic carbocycles. The first-order chi connectivity index (χ1) is 44.6. The first-order valence-corrected chi connectivity index (χ1v) is 40.8. The van der Waals surface area contributed by atoms with Crippen LogP contribution in [0, 0.1) is 5.41 Å². The number of hydrogen-bond donors (Lipinski definition) is 0. The lowest BCUT2D eigenvalue weighted by atomic mass is 9.94. The highest BCUT2D eigenvalue weighted by molar-refractivity contribution is 7.58. The van der Waals surface area contributed by atoms with Crippen molar-refractivity contribution in [3.05, 3.63) is 179 Å². The zero-order chi connectivity index (χ0) is 69.3. The molecule has 0 aliphatic heterocycles. The van der Waals surface area contributed by atoms with Crippen LogP contribution in [-0.4, -0.2) is 129 Å². The SMILES string of the molecule is CC(COCCP(CCc1ccc(OC(C)(C)C)cc1)CCc1ccc(OC(C)(C)C)cc1)(COCCP(CCc1ccc(OC(C)(C)C)cc1)CCc1ccc(OC(C)(C)C)cc1)COCCP(CCc1ccc(OC(C)(C)C)cc1)CCc1ccc(OC(C)(C)C)cc1. The highest BCUT2D eigenvalue weighted by atomic mass is 31.1. The topological polar surface area (TPSA) is 83.1 Å². The van der Waals surface area contributed by atoms with Gasteiger partial charge in [-0.1, -0.05) is 79.7 Å². The van der Waals surface area contributed by atoms with Crippen molar-refractivity contribution < 1.29 is 42.6 Å². The van der Waals surface area contributed by atoms with E-state index in [2.05, 4.69) is 277 Å². The molecule has 0 amide bonds. The fourth-order valence-corrected chi connectivity index (χ4v) is 17.5. The van der Waals surface area contributed by atoms with E-state index in [1.165, 1.54) is 33.4 Å². The Hall–Kier alpha value is -4.71. The highest BCUT2D eigenvalue weighted by Gasteiger charge is 2.28. The monoisotopic (exact) mass is 1360 g/mol. The third-order valence-corrected chi connectivity index (χ3v) is 23.0. The van der Waals surface area contributed by atoms with Gasteiger partial charge < -0.3 is 42.6 Å². The van der Waals surface area contributed by atoms with E-state index < -0.39 is 0 Å². The molecule has 524 valence electrons. The summed E-state index contributed by atoms with van der Waals surface area (Å²) in [5.41, 5.74) is 6.30. The summed E-state index contributed by atoms with van der Waals surface area (Å²) in [6, 6.07) is 52.4. The lowest BCUT2D eigenvalue weighted by Crippen LogP contribution is -2.35. The number of hydrogen-bond acceptors (Lipinski definition) is 9. The number of aryl methyl sites for hydroxylation is 6. The molecule has 0 saturated heterocycles. The van der Waals surface area contributed by atoms with E-state index in [0.29, 0.717) is 39.6 Å². The van der Waals surface area contributed by atoms with Gasteiger partial charge in [0.2, 0.25) is 0 Å². The Morgan fingerprint density at radius 1 is 0.211 bits per heavy atom. The maximum Gasteiger partial charge on any atom is 0.120 e. The molecule has 12 heteroatoms. The molecule has 0 atom stereocenters. The van der Waals surface area contributed by atoms with E-state index in [4.69, 9.17) is 42.6 Å². The van der Waals surface area contributed by atoms with Gasteiger partial charge in [-0.15, -0.1) is 23.8 Å². The molecule has 0 bridgehead atoms. The van der Waals surface area contributed by atoms with Crippen LogP contribution in [-0.2, 0) is 52.7 Å². The standard InChI is InChI=1S/C83H123O9P3/c1-77(2,3)87-71-32-20-65(21-33-71)44-53-93(54-45-66-22-34-72(35-23-66)88-78(4,5)6)59-50-84-62-83(19,63-85-51-60-94(55-46-67-24-36-73(37-25-67)89-79(7,8)9)56-47-68-26-38-74(39-27-68)90-80(10,11)12)64-86-52-61-95(57-48-69-28-40-75(41-29-69)91-81(13,14)15)58-49-70-30-42-76(43-31-70)92-82(16,17)18/h20-43H,44-64H2,1-19H3. The zero-order valence-electron chi connectivity index (χ0n) is 62.2. The van der Waals surface area contributed by atoms with Crippen LogP contribution in [0.1, 0.15) is 165 Å². The molecule has 6 aromatic rings. The second-order valence-electron chi connectivity index (χ2n) is 32.1. The van der Waals surface area contributed by atoms with Gasteiger partial charge in [0.15, 0.2) is 0 Å². The Morgan fingerprint density at radius 2 is 0.358 bits per heavy atom. The largest absolute Gasteiger partial charge is 0.488 e. The quantitative estimate of drug-likeness (QED) is 0.0277. The molecular formula is C83H123O9P3. The summed E-state index contributed by atoms with van der Waals surface area (Å²) < 4.78 is 57.8. The predicted molar refractivity (Wildman–Crippen MR) is 408 cm³/mol. The van der Waals surface area contributed by atoms with Gasteiger partial charge in [-0.05, 0) is 325 Å². The van der Waals surface area contributed by atoms with Crippen LogP contribution in [0.3, 0.4) is 0 Å². The highest BCUT2D eigenvalue weighted by Crippen LogP contribution is 2.41. The minimum atomic E-state index is -0.344. The first-order valence-electron chi connectivity index (χ1n) is 35.1. The van der Waals surface area contributed by atoms with Crippen molar-refractivity contribution >= 4 is 23.8 Å². The molecule has 0 saturated carbocycles. The van der Waals surface area contributed by atoms with Crippen LogP contribution in [0.15, 0.2) is 146 Å². The fourth-order valence-electron chi connectivity index (χ4n) is 10.9. The van der Waals surface area contributed by atoms with Crippen molar-refractivity contribution in [2.45, 2.75) is 204 Å². The third-order valence-electron chi connectivity index (χ3n) is 15.4. The van der Waals surface area contributed by atoms with Gasteiger partial charge in [-0.2, -0.15) is 0 Å². The fraction of sp³-hybridized carbons (Fsp3) is 0.566. The Labute approximate surface area is 580 Å². The smallest absolute Gasteiger partial charge is 0.120 e. The Kier molecular flexibility index (Phi) is 31.3. The molecule has 9 nitrogen and oxygen atoms in total. The van der Waals surface area contributed by atoms with Crippen LogP contribution in [0.5, 0.6) is 34.5 Å². The lowest BCUT2D eigenvalue weighted by Gasteiger charge is -2.30. The normalized spacial score (nSPS) is 12.8. The van der Waals surface area contributed by atoms with Gasteiger partial charge in [0.05, 0.1) is 39.6 Å². The van der Waals surface area contributed by atoms with Crippen LogP contribution in [0.2, 0.25) is 0 Å². The van der Waals surface area contributed by atoms with Gasteiger partial charge >= 0.3 is 0 Å². The average molecular weight is 1360 g/mol. The number of rotatable bonds is 39. The molecule has 0 N–H and O–H groups in total. The molecule has 0 heterocycles. The zero-order valence-corrected chi connectivity index (χ0v) is 64.9. The average Bonchev–Trinajstić information content (AvgIpc) is 1.12. The lowest BCUT2D eigenvalue weighted by molar-refractivity contribution is -0.0528. The van der Waals surface area contributed by atoms with Crippen molar-refractivity contribution in [3.63, 3.8) is 0 Å². The van der Waals surface area contributed by atoms with Crippen molar-refractivity contribution in [1.29, 1.82) is 0 Å². The molecular weight excluding hydrogens is 1230 g/mol. The minimum Gasteiger partial charge on any atom is -0.488 e. The Balaban J connectivity index is 1.16. The maximum absolute atomic E-state index is 6.90. The second kappa shape index (κ2) is 37.5. The Bertz CT molecular complexity index is 2550. The van der Waals surface area contributed by atoms with Crippen molar-refractivity contribution in [3.8, 4) is 34.5 Å². The molecule has 0 aliphatic rings. The third kappa shape index (κ3) is 35.1. The molecule has 0 unspecified atom stereocenters. The molecule has 0 aromatic heterocycles. The van der Waals surface area contributed by atoms with Crippen LogP contribution in [0.4, 0.5) is 0 Å². The summed E-state index contributed by atoms with van der Waals surface area (Å²) in [5.74, 6) is 5.48. The van der Waals surface area contributed by atoms with E-state index in [1.807, 2.05) is 0 Å². The summed E-state index contributed by atoms with van der Waals surface area (Å²) in [6.45, 7) is 43.9. The van der Waals surface area contributed by atoms with Gasteiger partial charge in [-0.25, -0.2) is 0 Å². The summed E-state index contributed by atoms with van der Waals surface area (Å²) >= 11 is 0. The van der Waals surface area contributed by atoms with Crippen LogP contribution in [0.25, 0.3) is 0 Å². The molecule has 0 spiro atoms. The van der Waals surface area contributed by atoms with Crippen molar-refractivity contribution in [2.75, 3.05) is 95.1 Å². The van der Waals surface area contributed by atoms with E-state index in [9.17, 15) is 0 Å². The van der Waals surface area contributed by atoms with Crippen LogP contribution >= 0.6 is 23.8 Å². The van der Waals surface area contributed by atoms with Gasteiger partial charge in [-0.3, -0.25) is 0 Å². The molecule has 6 aromatic carbocycles. The van der Waals surface area contributed by atoms with Crippen LogP contribution < -0.4 is 28.4 Å². The minimum absolute atomic E-state index is 0.240. The number of benzene rings is 6. The summed E-state index contributed by atoms with van der Waals surface area (Å²) in [5, 5.41) is 0. The Morgan fingerprint density at radius 3 is 0.495 bits per heavy atom. The van der Waals surface area contributed by atoms with E-state index >= 15 is 0 Å². The summed E-state index contributed by atoms with van der Waals surface area (Å²) in [6.07, 6.45) is 16.1. The van der Waals surface area contributed by atoms with E-state index in [-0.39, 0.29) is 62.8 Å². The van der Waals surface area contributed by atoms with E-state index in [1.54, 1.807) is 0 Å².